The summed E-state index contributed by atoms with van der Waals surface area (Å²) < 4.78 is 7.36. The molecule has 1 aliphatic rings. The molecular formula is C14H17NOS. The molecule has 1 N–H and O–H groups in total. The standard InChI is InChI=1S/C14H17NOS/c1-2-4-14-13(3-1)11(10-17-14)9-16-12-5-7-15-8-6-12/h1-4,10,12,15H,5-9H2. The van der Waals surface area contributed by atoms with Crippen molar-refractivity contribution in [1.82, 2.24) is 5.32 Å². The van der Waals surface area contributed by atoms with Crippen molar-refractivity contribution in [3.63, 3.8) is 0 Å². The zero-order valence-corrected chi connectivity index (χ0v) is 10.6. The van der Waals surface area contributed by atoms with Gasteiger partial charge in [0.25, 0.3) is 0 Å². The largest absolute Gasteiger partial charge is 0.373 e. The molecule has 1 saturated heterocycles. The van der Waals surface area contributed by atoms with E-state index in [0.717, 1.165) is 32.5 Å². The molecule has 2 nitrogen and oxygen atoms in total. The van der Waals surface area contributed by atoms with Gasteiger partial charge in [-0.15, -0.1) is 11.3 Å². The van der Waals surface area contributed by atoms with Crippen LogP contribution in [0.2, 0.25) is 0 Å². The van der Waals surface area contributed by atoms with Gasteiger partial charge in [0.15, 0.2) is 0 Å². The van der Waals surface area contributed by atoms with E-state index in [1.165, 1.54) is 15.6 Å². The zero-order valence-electron chi connectivity index (χ0n) is 9.82. The molecule has 0 saturated carbocycles. The molecule has 1 aliphatic heterocycles. The molecule has 1 aromatic heterocycles. The van der Waals surface area contributed by atoms with Gasteiger partial charge >= 0.3 is 0 Å². The number of hydrogen-bond donors (Lipinski definition) is 1. The van der Waals surface area contributed by atoms with E-state index in [4.69, 9.17) is 4.74 Å². The number of hydrogen-bond acceptors (Lipinski definition) is 3. The quantitative estimate of drug-likeness (QED) is 0.899. The third kappa shape index (κ3) is 2.51. The molecule has 0 aliphatic carbocycles. The van der Waals surface area contributed by atoms with Crippen LogP contribution in [0.25, 0.3) is 10.1 Å². The van der Waals surface area contributed by atoms with Gasteiger partial charge in [-0.05, 0) is 48.3 Å². The molecule has 3 heteroatoms. The Hall–Kier alpha value is -0.900. The van der Waals surface area contributed by atoms with Gasteiger partial charge in [0.05, 0.1) is 12.7 Å². The predicted molar refractivity (Wildman–Crippen MR) is 72.5 cm³/mol. The Bertz CT molecular complexity index is 488. The molecule has 0 spiro atoms. The first-order valence-corrected chi connectivity index (χ1v) is 7.09. The molecule has 3 rings (SSSR count). The number of benzene rings is 1. The molecule has 90 valence electrons. The highest BCUT2D eigenvalue weighted by molar-refractivity contribution is 7.17. The summed E-state index contributed by atoms with van der Waals surface area (Å²) in [5.41, 5.74) is 1.34. The molecule has 17 heavy (non-hydrogen) atoms. The number of rotatable bonds is 3. The van der Waals surface area contributed by atoms with Crippen LogP contribution in [0, 0.1) is 0 Å². The fourth-order valence-corrected chi connectivity index (χ4v) is 3.26. The lowest BCUT2D eigenvalue weighted by Crippen LogP contribution is -2.32. The maximum atomic E-state index is 6.00. The second kappa shape index (κ2) is 5.17. The van der Waals surface area contributed by atoms with Gasteiger partial charge in [0.1, 0.15) is 0 Å². The molecule has 0 amide bonds. The third-order valence-electron chi connectivity index (χ3n) is 3.32. The summed E-state index contributed by atoms with van der Waals surface area (Å²) in [5, 5.41) is 6.94. The normalized spacial score (nSPS) is 17.6. The Morgan fingerprint density at radius 3 is 2.94 bits per heavy atom. The fourth-order valence-electron chi connectivity index (χ4n) is 2.31. The van der Waals surface area contributed by atoms with E-state index in [0.29, 0.717) is 6.10 Å². The molecule has 1 aromatic carbocycles. The average Bonchev–Trinajstić information content (AvgIpc) is 2.81. The van der Waals surface area contributed by atoms with E-state index < -0.39 is 0 Å². The summed E-state index contributed by atoms with van der Waals surface area (Å²) in [6.07, 6.45) is 2.72. The molecule has 2 heterocycles. The summed E-state index contributed by atoms with van der Waals surface area (Å²) in [4.78, 5) is 0. The minimum absolute atomic E-state index is 0.440. The van der Waals surface area contributed by atoms with Gasteiger partial charge in [0.2, 0.25) is 0 Å². The van der Waals surface area contributed by atoms with Crippen molar-refractivity contribution in [1.29, 1.82) is 0 Å². The second-order valence-corrected chi connectivity index (χ2v) is 5.43. The topological polar surface area (TPSA) is 21.3 Å². The van der Waals surface area contributed by atoms with Crippen LogP contribution in [0.5, 0.6) is 0 Å². The van der Waals surface area contributed by atoms with Crippen molar-refractivity contribution in [2.45, 2.75) is 25.6 Å². The molecule has 1 fully saturated rings. The van der Waals surface area contributed by atoms with Gasteiger partial charge < -0.3 is 10.1 Å². The van der Waals surface area contributed by atoms with E-state index >= 15 is 0 Å². The highest BCUT2D eigenvalue weighted by Crippen LogP contribution is 2.26. The maximum Gasteiger partial charge on any atom is 0.0734 e. The second-order valence-electron chi connectivity index (χ2n) is 4.52. The Morgan fingerprint density at radius 2 is 2.06 bits per heavy atom. The average molecular weight is 247 g/mol. The number of ether oxygens (including phenoxy) is 1. The van der Waals surface area contributed by atoms with Crippen molar-refractivity contribution in [3.8, 4) is 0 Å². The van der Waals surface area contributed by atoms with Crippen molar-refractivity contribution in [2.75, 3.05) is 13.1 Å². The lowest BCUT2D eigenvalue weighted by Gasteiger charge is -2.22. The lowest BCUT2D eigenvalue weighted by atomic mass is 10.1. The third-order valence-corrected chi connectivity index (χ3v) is 4.33. The summed E-state index contributed by atoms with van der Waals surface area (Å²) in [5.74, 6) is 0. The van der Waals surface area contributed by atoms with Crippen LogP contribution in [0.3, 0.4) is 0 Å². The van der Waals surface area contributed by atoms with Crippen LogP contribution in [-0.4, -0.2) is 19.2 Å². The van der Waals surface area contributed by atoms with Gasteiger partial charge in [0, 0.05) is 4.70 Å². The van der Waals surface area contributed by atoms with Crippen molar-refractivity contribution in [2.24, 2.45) is 0 Å². The van der Waals surface area contributed by atoms with Crippen LogP contribution in [-0.2, 0) is 11.3 Å². The number of fused-ring (bicyclic) bond motifs is 1. The minimum atomic E-state index is 0.440. The van der Waals surface area contributed by atoms with E-state index in [9.17, 15) is 0 Å². The van der Waals surface area contributed by atoms with Crippen LogP contribution in [0.15, 0.2) is 29.6 Å². The Labute approximate surface area is 106 Å². The zero-order chi connectivity index (χ0) is 11.5. The van der Waals surface area contributed by atoms with Crippen molar-refractivity contribution >= 4 is 21.4 Å². The van der Waals surface area contributed by atoms with Gasteiger partial charge in [-0.3, -0.25) is 0 Å². The highest BCUT2D eigenvalue weighted by Gasteiger charge is 2.14. The van der Waals surface area contributed by atoms with E-state index in [-0.39, 0.29) is 0 Å². The van der Waals surface area contributed by atoms with Gasteiger partial charge in [-0.1, -0.05) is 18.2 Å². The minimum Gasteiger partial charge on any atom is -0.373 e. The fraction of sp³-hybridized carbons (Fsp3) is 0.429. The lowest BCUT2D eigenvalue weighted by molar-refractivity contribution is 0.0219. The molecule has 0 atom stereocenters. The first kappa shape index (κ1) is 11.2. The van der Waals surface area contributed by atoms with E-state index in [1.54, 1.807) is 0 Å². The van der Waals surface area contributed by atoms with Crippen LogP contribution < -0.4 is 5.32 Å². The van der Waals surface area contributed by atoms with Crippen LogP contribution in [0.1, 0.15) is 18.4 Å². The molecular weight excluding hydrogens is 230 g/mol. The summed E-state index contributed by atoms with van der Waals surface area (Å²) in [6, 6.07) is 8.56. The molecule has 0 radical (unpaired) electrons. The predicted octanol–water partition coefficient (Wildman–Crippen LogP) is 3.17. The van der Waals surface area contributed by atoms with Crippen molar-refractivity contribution < 1.29 is 4.74 Å². The molecule has 2 aromatic rings. The monoisotopic (exact) mass is 247 g/mol. The summed E-state index contributed by atoms with van der Waals surface area (Å²) in [6.45, 7) is 2.94. The Morgan fingerprint density at radius 1 is 1.24 bits per heavy atom. The first-order valence-electron chi connectivity index (χ1n) is 6.21. The van der Waals surface area contributed by atoms with Gasteiger partial charge in [-0.25, -0.2) is 0 Å². The Kier molecular flexibility index (Phi) is 3.41. The SMILES string of the molecule is c1ccc2c(COC3CCNCC3)csc2c1. The summed E-state index contributed by atoms with van der Waals surface area (Å²) in [7, 11) is 0. The number of nitrogens with one attached hydrogen (secondary N) is 1. The Balaban J connectivity index is 1.68. The smallest absolute Gasteiger partial charge is 0.0734 e. The van der Waals surface area contributed by atoms with Crippen molar-refractivity contribution in [3.05, 3.63) is 35.2 Å². The first-order chi connectivity index (χ1) is 8.43. The molecule has 0 unspecified atom stereocenters. The summed E-state index contributed by atoms with van der Waals surface area (Å²) >= 11 is 1.81. The molecule has 0 bridgehead atoms. The maximum absolute atomic E-state index is 6.00. The van der Waals surface area contributed by atoms with Gasteiger partial charge in [-0.2, -0.15) is 0 Å². The highest BCUT2D eigenvalue weighted by atomic mass is 32.1. The van der Waals surface area contributed by atoms with E-state index in [1.807, 2.05) is 11.3 Å². The number of piperidine rings is 1. The van der Waals surface area contributed by atoms with E-state index in [2.05, 4.69) is 35.0 Å². The van der Waals surface area contributed by atoms with Crippen LogP contribution in [0.4, 0.5) is 0 Å². The van der Waals surface area contributed by atoms with Crippen LogP contribution >= 0.6 is 11.3 Å². The number of thiophene rings is 1.